The molecule has 1 fully saturated rings. The van der Waals surface area contributed by atoms with E-state index >= 15 is 0 Å². The molecule has 0 amide bonds. The molecule has 0 radical (unpaired) electrons. The van der Waals surface area contributed by atoms with Crippen LogP contribution in [0, 0.1) is 5.82 Å². The SMILES string of the molecule is Nc1ccccc1-c1c(Cl)c(F)cc2c1CC1(c3ccccc3)CNCCN21. The zero-order valence-corrected chi connectivity index (χ0v) is 16.1. The molecule has 0 saturated carbocycles. The predicted octanol–water partition coefficient (Wildman–Crippen LogP) is 4.59. The highest BCUT2D eigenvalue weighted by molar-refractivity contribution is 6.34. The van der Waals surface area contributed by atoms with Gasteiger partial charge in [-0.25, -0.2) is 4.39 Å². The minimum Gasteiger partial charge on any atom is -0.398 e. The smallest absolute Gasteiger partial charge is 0.144 e. The van der Waals surface area contributed by atoms with Gasteiger partial charge in [0.05, 0.1) is 10.6 Å². The first-order valence-electron chi connectivity index (χ1n) is 9.51. The van der Waals surface area contributed by atoms with Crippen LogP contribution in [0.4, 0.5) is 15.8 Å². The molecule has 28 heavy (non-hydrogen) atoms. The molecular weight excluding hydrogens is 373 g/mol. The number of nitrogens with two attached hydrogens (primary N) is 1. The van der Waals surface area contributed by atoms with Crippen molar-refractivity contribution < 1.29 is 4.39 Å². The lowest BCUT2D eigenvalue weighted by Gasteiger charge is -2.45. The van der Waals surface area contributed by atoms with Gasteiger partial charge in [0.15, 0.2) is 0 Å². The van der Waals surface area contributed by atoms with Gasteiger partial charge in [0.25, 0.3) is 0 Å². The van der Waals surface area contributed by atoms with E-state index in [-0.39, 0.29) is 10.6 Å². The maximum Gasteiger partial charge on any atom is 0.144 e. The second-order valence-electron chi connectivity index (χ2n) is 7.54. The van der Waals surface area contributed by atoms with Gasteiger partial charge in [0.2, 0.25) is 0 Å². The number of piperazine rings is 1. The van der Waals surface area contributed by atoms with Gasteiger partial charge < -0.3 is 16.0 Å². The Hall–Kier alpha value is -2.56. The maximum atomic E-state index is 14.9. The Kier molecular flexibility index (Phi) is 4.07. The molecule has 5 rings (SSSR count). The summed E-state index contributed by atoms with van der Waals surface area (Å²) in [6, 6.07) is 19.6. The number of hydrogen-bond donors (Lipinski definition) is 2. The summed E-state index contributed by atoms with van der Waals surface area (Å²) in [6.07, 6.45) is 0.753. The zero-order chi connectivity index (χ0) is 19.3. The lowest BCUT2D eigenvalue weighted by Crippen LogP contribution is -2.57. The first-order valence-corrected chi connectivity index (χ1v) is 9.89. The molecule has 2 aliphatic heterocycles. The maximum absolute atomic E-state index is 14.9. The van der Waals surface area contributed by atoms with E-state index in [1.807, 2.05) is 30.3 Å². The lowest BCUT2D eigenvalue weighted by molar-refractivity contribution is 0.350. The third-order valence-corrected chi connectivity index (χ3v) is 6.42. The summed E-state index contributed by atoms with van der Waals surface area (Å²) in [6.45, 7) is 2.47. The molecule has 2 heterocycles. The summed E-state index contributed by atoms with van der Waals surface area (Å²) in [4.78, 5) is 2.34. The molecule has 0 spiro atoms. The number of rotatable bonds is 2. The van der Waals surface area contributed by atoms with Crippen LogP contribution in [-0.2, 0) is 12.0 Å². The van der Waals surface area contributed by atoms with E-state index in [1.54, 1.807) is 6.07 Å². The summed E-state index contributed by atoms with van der Waals surface area (Å²) in [7, 11) is 0. The van der Waals surface area contributed by atoms with Crippen molar-refractivity contribution in [1.82, 2.24) is 5.32 Å². The summed E-state index contributed by atoms with van der Waals surface area (Å²) in [5, 5.41) is 3.68. The Balaban J connectivity index is 1.77. The van der Waals surface area contributed by atoms with Gasteiger partial charge in [-0.15, -0.1) is 0 Å². The molecule has 142 valence electrons. The first kappa shape index (κ1) is 17.5. The third-order valence-electron chi connectivity index (χ3n) is 6.05. The van der Waals surface area contributed by atoms with Crippen LogP contribution in [0.1, 0.15) is 11.1 Å². The molecule has 3 nitrogen and oxygen atoms in total. The molecule has 0 bridgehead atoms. The second kappa shape index (κ2) is 6.50. The largest absolute Gasteiger partial charge is 0.398 e. The highest BCUT2D eigenvalue weighted by Crippen LogP contribution is 2.52. The second-order valence-corrected chi connectivity index (χ2v) is 7.91. The fourth-order valence-electron chi connectivity index (χ4n) is 4.78. The van der Waals surface area contributed by atoms with Crippen LogP contribution >= 0.6 is 11.6 Å². The van der Waals surface area contributed by atoms with Gasteiger partial charge in [-0.05, 0) is 23.3 Å². The highest BCUT2D eigenvalue weighted by atomic mass is 35.5. The molecule has 0 aromatic heterocycles. The average Bonchev–Trinajstić information content (AvgIpc) is 3.06. The van der Waals surface area contributed by atoms with Crippen LogP contribution in [0.3, 0.4) is 0 Å². The van der Waals surface area contributed by atoms with E-state index in [9.17, 15) is 4.39 Å². The van der Waals surface area contributed by atoms with Crippen molar-refractivity contribution in [2.24, 2.45) is 0 Å². The fourth-order valence-corrected chi connectivity index (χ4v) is 5.05. The van der Waals surface area contributed by atoms with Crippen LogP contribution < -0.4 is 16.0 Å². The van der Waals surface area contributed by atoms with Gasteiger partial charge >= 0.3 is 0 Å². The van der Waals surface area contributed by atoms with Gasteiger partial charge in [0.1, 0.15) is 5.82 Å². The van der Waals surface area contributed by atoms with E-state index in [2.05, 4.69) is 34.5 Å². The number of nitrogens with one attached hydrogen (secondary N) is 1. The Morgan fingerprint density at radius 2 is 1.82 bits per heavy atom. The van der Waals surface area contributed by atoms with Crippen LogP contribution in [-0.4, -0.2) is 19.6 Å². The molecule has 0 aliphatic carbocycles. The Morgan fingerprint density at radius 3 is 2.61 bits per heavy atom. The standard InChI is InChI=1S/C23H21ClFN3/c24-22-18(25)12-20-17(21(22)16-8-4-5-9-19(16)26)13-23(14-27-10-11-28(20)23)15-6-2-1-3-7-15/h1-9,12,27H,10-11,13-14,26H2. The summed E-state index contributed by atoms with van der Waals surface area (Å²) < 4.78 is 14.9. The van der Waals surface area contributed by atoms with Gasteiger partial charge in [-0.3, -0.25) is 0 Å². The van der Waals surface area contributed by atoms with Crippen molar-refractivity contribution in [3.8, 4) is 11.1 Å². The third kappa shape index (κ3) is 2.45. The number of nitrogen functional groups attached to an aromatic ring is 1. The Morgan fingerprint density at radius 1 is 1.07 bits per heavy atom. The summed E-state index contributed by atoms with van der Waals surface area (Å²) in [5.74, 6) is -0.402. The summed E-state index contributed by atoms with van der Waals surface area (Å²) in [5.41, 5.74) is 11.3. The van der Waals surface area contributed by atoms with Crippen molar-refractivity contribution in [1.29, 1.82) is 0 Å². The number of nitrogens with zero attached hydrogens (tertiary/aromatic N) is 1. The van der Waals surface area contributed by atoms with Crippen molar-refractivity contribution in [3.63, 3.8) is 0 Å². The van der Waals surface area contributed by atoms with Gasteiger partial charge in [-0.2, -0.15) is 0 Å². The molecule has 3 aromatic carbocycles. The first-order chi connectivity index (χ1) is 13.6. The number of benzene rings is 3. The lowest BCUT2D eigenvalue weighted by atomic mass is 9.83. The average molecular weight is 394 g/mol. The molecule has 5 heteroatoms. The minimum atomic E-state index is -0.402. The van der Waals surface area contributed by atoms with Crippen molar-refractivity contribution in [3.05, 3.63) is 82.6 Å². The molecule has 1 saturated heterocycles. The molecule has 3 aromatic rings. The topological polar surface area (TPSA) is 41.3 Å². The van der Waals surface area contributed by atoms with E-state index in [4.69, 9.17) is 17.3 Å². The highest BCUT2D eigenvalue weighted by Gasteiger charge is 2.48. The van der Waals surface area contributed by atoms with Gasteiger partial charge in [0, 0.05) is 48.6 Å². The predicted molar refractivity (Wildman–Crippen MR) is 113 cm³/mol. The summed E-state index contributed by atoms with van der Waals surface area (Å²) >= 11 is 6.51. The quantitative estimate of drug-likeness (QED) is 0.626. The van der Waals surface area contributed by atoms with E-state index in [0.29, 0.717) is 5.69 Å². The monoisotopic (exact) mass is 393 g/mol. The molecule has 1 atom stereocenters. The Labute approximate surface area is 168 Å². The molecule has 3 N–H and O–H groups in total. The van der Waals surface area contributed by atoms with Crippen LogP contribution in [0.2, 0.25) is 5.02 Å². The van der Waals surface area contributed by atoms with Crippen molar-refractivity contribution in [2.75, 3.05) is 30.3 Å². The number of fused-ring (bicyclic) bond motifs is 3. The van der Waals surface area contributed by atoms with Crippen LogP contribution in [0.15, 0.2) is 60.7 Å². The normalized spacial score (nSPS) is 20.7. The van der Waals surface area contributed by atoms with Crippen LogP contribution in [0.5, 0.6) is 0 Å². The van der Waals surface area contributed by atoms with Crippen molar-refractivity contribution >= 4 is 23.0 Å². The number of hydrogen-bond acceptors (Lipinski definition) is 3. The van der Waals surface area contributed by atoms with E-state index in [0.717, 1.165) is 48.4 Å². The van der Waals surface area contributed by atoms with E-state index in [1.165, 1.54) is 5.56 Å². The van der Waals surface area contributed by atoms with E-state index < -0.39 is 5.82 Å². The number of anilines is 2. The van der Waals surface area contributed by atoms with Crippen LogP contribution in [0.25, 0.3) is 11.1 Å². The zero-order valence-electron chi connectivity index (χ0n) is 15.4. The number of halogens is 2. The van der Waals surface area contributed by atoms with Crippen molar-refractivity contribution in [2.45, 2.75) is 12.0 Å². The molecular formula is C23H21ClFN3. The number of para-hydroxylation sites is 1. The molecule has 2 aliphatic rings. The fraction of sp³-hybridized carbons (Fsp3) is 0.217. The van der Waals surface area contributed by atoms with Gasteiger partial charge in [-0.1, -0.05) is 60.1 Å². The Bertz CT molecular complexity index is 1050. The minimum absolute atomic E-state index is 0.146. The molecule has 1 unspecified atom stereocenters.